The zero-order chi connectivity index (χ0) is 19.9. The smallest absolute Gasteiger partial charge is 0.234 e. The highest BCUT2D eigenvalue weighted by atomic mass is 16.5. The zero-order valence-corrected chi connectivity index (χ0v) is 17.2. The van der Waals surface area contributed by atoms with Gasteiger partial charge in [0.15, 0.2) is 0 Å². The van der Waals surface area contributed by atoms with Crippen LogP contribution in [0.4, 0.5) is 5.69 Å². The van der Waals surface area contributed by atoms with Crippen molar-refractivity contribution in [1.82, 2.24) is 10.2 Å². The number of amides is 1. The van der Waals surface area contributed by atoms with Crippen LogP contribution in [-0.2, 0) is 11.2 Å². The van der Waals surface area contributed by atoms with Gasteiger partial charge in [-0.2, -0.15) is 0 Å². The van der Waals surface area contributed by atoms with Gasteiger partial charge in [0.2, 0.25) is 5.91 Å². The maximum absolute atomic E-state index is 12.3. The van der Waals surface area contributed by atoms with Gasteiger partial charge in [0.1, 0.15) is 5.75 Å². The van der Waals surface area contributed by atoms with E-state index in [9.17, 15) is 4.79 Å². The molecule has 0 aromatic heterocycles. The number of hydrogen-bond acceptors (Lipinski definition) is 4. The van der Waals surface area contributed by atoms with Crippen LogP contribution < -0.4 is 15.0 Å². The second-order valence-electron chi connectivity index (χ2n) is 7.39. The lowest BCUT2D eigenvalue weighted by Gasteiger charge is -2.36. The van der Waals surface area contributed by atoms with Crippen molar-refractivity contribution in [2.75, 3.05) is 51.3 Å². The van der Waals surface area contributed by atoms with E-state index in [0.29, 0.717) is 13.1 Å². The standard InChI is InChI=1S/C23H31N3O2/c1-18-7-6-9-21(19(18)2)26-15-13-25(14-16-26)17-23(27)24-12-11-20-8-4-5-10-22(20)28-3/h4-10H,11-17H2,1-3H3,(H,24,27). The number of ether oxygens (including phenoxy) is 1. The van der Waals surface area contributed by atoms with Gasteiger partial charge in [-0.15, -0.1) is 0 Å². The number of hydrogen-bond donors (Lipinski definition) is 1. The van der Waals surface area contributed by atoms with Crippen molar-refractivity contribution in [2.45, 2.75) is 20.3 Å². The first-order valence-corrected chi connectivity index (χ1v) is 10.0. The molecule has 1 aliphatic heterocycles. The van der Waals surface area contributed by atoms with Gasteiger partial charge in [-0.25, -0.2) is 0 Å². The van der Waals surface area contributed by atoms with Gasteiger partial charge in [0, 0.05) is 38.4 Å². The first kappa shape index (κ1) is 20.2. The Labute approximate surface area is 168 Å². The van der Waals surface area contributed by atoms with Gasteiger partial charge in [-0.3, -0.25) is 9.69 Å². The molecule has 1 aliphatic rings. The fourth-order valence-electron chi connectivity index (χ4n) is 3.73. The summed E-state index contributed by atoms with van der Waals surface area (Å²) in [5, 5.41) is 3.04. The second-order valence-corrected chi connectivity index (χ2v) is 7.39. The van der Waals surface area contributed by atoms with Gasteiger partial charge in [0.25, 0.3) is 0 Å². The van der Waals surface area contributed by atoms with Gasteiger partial charge in [-0.1, -0.05) is 30.3 Å². The lowest BCUT2D eigenvalue weighted by molar-refractivity contribution is -0.122. The van der Waals surface area contributed by atoms with Crippen molar-refractivity contribution in [3.05, 3.63) is 59.2 Å². The number of benzene rings is 2. The van der Waals surface area contributed by atoms with Gasteiger partial charge in [0.05, 0.1) is 13.7 Å². The summed E-state index contributed by atoms with van der Waals surface area (Å²) in [5.74, 6) is 0.967. The van der Waals surface area contributed by atoms with Crippen molar-refractivity contribution in [1.29, 1.82) is 0 Å². The van der Waals surface area contributed by atoms with E-state index in [0.717, 1.165) is 43.9 Å². The van der Waals surface area contributed by atoms with Crippen LogP contribution in [0.1, 0.15) is 16.7 Å². The number of nitrogens with zero attached hydrogens (tertiary/aromatic N) is 2. The highest BCUT2D eigenvalue weighted by Crippen LogP contribution is 2.23. The molecule has 1 heterocycles. The Morgan fingerprint density at radius 3 is 2.54 bits per heavy atom. The molecule has 2 aromatic carbocycles. The second kappa shape index (κ2) is 9.60. The fourth-order valence-corrected chi connectivity index (χ4v) is 3.73. The molecule has 28 heavy (non-hydrogen) atoms. The number of methoxy groups -OCH3 is 1. The summed E-state index contributed by atoms with van der Waals surface area (Å²) < 4.78 is 5.36. The Morgan fingerprint density at radius 2 is 1.79 bits per heavy atom. The van der Waals surface area contributed by atoms with E-state index in [1.54, 1.807) is 7.11 Å². The molecule has 0 atom stereocenters. The maximum Gasteiger partial charge on any atom is 0.234 e. The SMILES string of the molecule is COc1ccccc1CCNC(=O)CN1CCN(c2cccc(C)c2C)CC1. The van der Waals surface area contributed by atoms with Crippen LogP contribution in [0.25, 0.3) is 0 Å². The topological polar surface area (TPSA) is 44.8 Å². The first-order valence-electron chi connectivity index (χ1n) is 10.0. The maximum atomic E-state index is 12.3. The highest BCUT2D eigenvalue weighted by Gasteiger charge is 2.20. The predicted molar refractivity (Wildman–Crippen MR) is 114 cm³/mol. The van der Waals surface area contributed by atoms with Crippen molar-refractivity contribution < 1.29 is 9.53 Å². The molecule has 0 aliphatic carbocycles. The van der Waals surface area contributed by atoms with Crippen LogP contribution in [-0.4, -0.2) is 57.2 Å². The normalized spacial score (nSPS) is 14.8. The number of nitrogens with one attached hydrogen (secondary N) is 1. The van der Waals surface area contributed by atoms with Gasteiger partial charge < -0.3 is 15.0 Å². The molecule has 0 saturated carbocycles. The summed E-state index contributed by atoms with van der Waals surface area (Å²) in [6.45, 7) is 9.17. The van der Waals surface area contributed by atoms with Crippen molar-refractivity contribution in [3.63, 3.8) is 0 Å². The average Bonchev–Trinajstić information content (AvgIpc) is 2.71. The minimum atomic E-state index is 0.0927. The Bertz CT molecular complexity index is 798. The minimum Gasteiger partial charge on any atom is -0.496 e. The third-order valence-corrected chi connectivity index (χ3v) is 5.57. The lowest BCUT2D eigenvalue weighted by Crippen LogP contribution is -2.49. The summed E-state index contributed by atoms with van der Waals surface area (Å²) >= 11 is 0. The fraction of sp³-hybridized carbons (Fsp3) is 0.435. The minimum absolute atomic E-state index is 0.0927. The summed E-state index contributed by atoms with van der Waals surface area (Å²) in [7, 11) is 1.68. The van der Waals surface area contributed by atoms with Crippen LogP contribution in [0.3, 0.4) is 0 Å². The van der Waals surface area contributed by atoms with E-state index in [1.165, 1.54) is 16.8 Å². The molecule has 2 aromatic rings. The lowest BCUT2D eigenvalue weighted by atomic mass is 10.1. The summed E-state index contributed by atoms with van der Waals surface area (Å²) in [6.07, 6.45) is 0.774. The molecule has 0 bridgehead atoms. The summed E-state index contributed by atoms with van der Waals surface area (Å²) in [4.78, 5) is 17.0. The Morgan fingerprint density at radius 1 is 1.04 bits per heavy atom. The molecule has 1 amide bonds. The number of carbonyl (C=O) groups is 1. The molecule has 1 saturated heterocycles. The van der Waals surface area contributed by atoms with E-state index in [-0.39, 0.29) is 5.91 Å². The molecule has 0 unspecified atom stereocenters. The van der Waals surface area contributed by atoms with E-state index in [2.05, 4.69) is 47.2 Å². The molecule has 3 rings (SSSR count). The quantitative estimate of drug-likeness (QED) is 0.801. The monoisotopic (exact) mass is 381 g/mol. The molecule has 1 fully saturated rings. The molecule has 0 radical (unpaired) electrons. The number of rotatable bonds is 7. The molecule has 1 N–H and O–H groups in total. The first-order chi connectivity index (χ1) is 13.6. The van der Waals surface area contributed by atoms with Crippen molar-refractivity contribution in [2.24, 2.45) is 0 Å². The summed E-state index contributed by atoms with van der Waals surface area (Å²) in [5.41, 5.74) is 5.12. The van der Waals surface area contributed by atoms with Crippen LogP contribution in [0.5, 0.6) is 5.75 Å². The highest BCUT2D eigenvalue weighted by molar-refractivity contribution is 5.78. The van der Waals surface area contributed by atoms with Crippen LogP contribution >= 0.6 is 0 Å². The number of carbonyl (C=O) groups excluding carboxylic acids is 1. The van der Waals surface area contributed by atoms with Crippen molar-refractivity contribution in [3.8, 4) is 5.75 Å². The average molecular weight is 382 g/mol. The van der Waals surface area contributed by atoms with Crippen LogP contribution in [0.2, 0.25) is 0 Å². The zero-order valence-electron chi connectivity index (χ0n) is 17.2. The number of anilines is 1. The molecular formula is C23H31N3O2. The molecule has 0 spiro atoms. The molecule has 150 valence electrons. The summed E-state index contributed by atoms with van der Waals surface area (Å²) in [6, 6.07) is 14.4. The molecule has 5 heteroatoms. The van der Waals surface area contributed by atoms with E-state index in [1.807, 2.05) is 24.3 Å². The Balaban J connectivity index is 1.42. The van der Waals surface area contributed by atoms with E-state index in [4.69, 9.17) is 4.74 Å². The third-order valence-electron chi connectivity index (χ3n) is 5.57. The Hall–Kier alpha value is -2.53. The van der Waals surface area contributed by atoms with Crippen LogP contribution in [0, 0.1) is 13.8 Å². The van der Waals surface area contributed by atoms with Gasteiger partial charge in [-0.05, 0) is 49.1 Å². The third kappa shape index (κ3) is 5.04. The molecular weight excluding hydrogens is 350 g/mol. The molecule has 5 nitrogen and oxygen atoms in total. The van der Waals surface area contributed by atoms with E-state index >= 15 is 0 Å². The van der Waals surface area contributed by atoms with E-state index < -0.39 is 0 Å². The number of piperazine rings is 1. The van der Waals surface area contributed by atoms with Crippen molar-refractivity contribution >= 4 is 11.6 Å². The predicted octanol–water partition coefficient (Wildman–Crippen LogP) is 2.79. The number of aryl methyl sites for hydroxylation is 1. The van der Waals surface area contributed by atoms with Crippen LogP contribution in [0.15, 0.2) is 42.5 Å². The largest absolute Gasteiger partial charge is 0.496 e. The van der Waals surface area contributed by atoms with Gasteiger partial charge >= 0.3 is 0 Å². The number of para-hydroxylation sites is 1. The Kier molecular flexibility index (Phi) is 6.93.